The molecule has 0 aliphatic carbocycles. The van der Waals surface area contributed by atoms with E-state index in [2.05, 4.69) is 277 Å². The molecule has 0 aliphatic rings. The van der Waals surface area contributed by atoms with E-state index in [0.717, 1.165) is 66.8 Å². The van der Waals surface area contributed by atoms with E-state index < -0.39 is 0 Å². The summed E-state index contributed by atoms with van der Waals surface area (Å²) in [4.78, 5) is 25.9. The van der Waals surface area contributed by atoms with Crippen molar-refractivity contribution in [2.24, 2.45) is 0 Å². The van der Waals surface area contributed by atoms with Gasteiger partial charge in [0.25, 0.3) is 0 Å². The molecule has 12 nitrogen and oxygen atoms in total. The third kappa shape index (κ3) is 12.2. The van der Waals surface area contributed by atoms with Crippen LogP contribution in [0.1, 0.15) is 33.4 Å². The summed E-state index contributed by atoms with van der Waals surface area (Å²) in [7, 11) is 0. The highest BCUT2D eigenvalue weighted by Gasteiger charge is 2.34. The zero-order chi connectivity index (χ0) is 56.3. The molecule has 0 fully saturated rings. The van der Waals surface area contributed by atoms with Crippen molar-refractivity contribution in [2.75, 3.05) is 0 Å². The third-order valence-electron chi connectivity index (χ3n) is 15.7. The molecule has 0 saturated heterocycles. The van der Waals surface area contributed by atoms with E-state index in [1.807, 2.05) is 74.4 Å². The molecule has 84 heavy (non-hydrogen) atoms. The Labute approximate surface area is 488 Å². The number of nitrogens with zero attached hydrogens (tertiary/aromatic N) is 12. The minimum Gasteiger partial charge on any atom is -0.265 e. The quantitative estimate of drug-likeness (QED) is 0.0794. The molecule has 13 aromatic rings. The van der Waals surface area contributed by atoms with Crippen LogP contribution in [-0.2, 0) is 39.3 Å². The lowest BCUT2D eigenvalue weighted by atomic mass is 9.84. The van der Waals surface area contributed by atoms with Crippen LogP contribution in [0.15, 0.2) is 294 Å². The van der Waals surface area contributed by atoms with Gasteiger partial charge >= 0.3 is 0 Å². The Kier molecular flexibility index (Phi) is 15.5. The van der Waals surface area contributed by atoms with Crippen molar-refractivity contribution in [3.63, 3.8) is 0 Å². The van der Waals surface area contributed by atoms with Gasteiger partial charge in [-0.05, 0) is 140 Å². The highest BCUT2D eigenvalue weighted by molar-refractivity contribution is 5.65. The molecular formula is C72H60N12+6. The summed E-state index contributed by atoms with van der Waals surface area (Å²) in [6.45, 7) is 3.65. The number of pyridine rings is 12. The molecule has 0 spiro atoms. The maximum atomic E-state index is 4.31. The molecule has 0 unspecified atom stereocenters. The summed E-state index contributed by atoms with van der Waals surface area (Å²) < 4.78 is 14.1. The molecule has 0 N–H and O–H groups in total. The van der Waals surface area contributed by atoms with Gasteiger partial charge in [0.1, 0.15) is 0 Å². The van der Waals surface area contributed by atoms with Crippen LogP contribution in [0.2, 0.25) is 0 Å². The maximum Gasteiger partial charge on any atom is 0.174 e. The lowest BCUT2D eigenvalue weighted by Crippen LogP contribution is -2.45. The molecule has 0 atom stereocenters. The molecule has 402 valence electrons. The smallest absolute Gasteiger partial charge is 0.174 e. The van der Waals surface area contributed by atoms with Crippen LogP contribution < -0.4 is 27.4 Å². The van der Waals surface area contributed by atoms with Gasteiger partial charge < -0.3 is 0 Å². The fraction of sp³-hybridized carbons (Fsp3) is 0.0833. The Balaban J connectivity index is 1.05. The van der Waals surface area contributed by atoms with Gasteiger partial charge in [-0.25, -0.2) is 27.4 Å². The van der Waals surface area contributed by atoms with Gasteiger partial charge in [0.2, 0.25) is 0 Å². The fourth-order valence-electron chi connectivity index (χ4n) is 11.1. The summed E-state index contributed by atoms with van der Waals surface area (Å²) in [5.41, 5.74) is 21.1. The molecule has 12 heteroatoms. The van der Waals surface area contributed by atoms with Crippen molar-refractivity contribution in [1.82, 2.24) is 29.9 Å². The first-order valence-electron chi connectivity index (χ1n) is 28.1. The van der Waals surface area contributed by atoms with E-state index in [0.29, 0.717) is 39.3 Å². The van der Waals surface area contributed by atoms with Crippen LogP contribution in [0, 0.1) is 0 Å². The summed E-state index contributed by atoms with van der Waals surface area (Å²) in [6.07, 6.45) is 48.9. The van der Waals surface area contributed by atoms with E-state index in [9.17, 15) is 0 Å². The van der Waals surface area contributed by atoms with Crippen LogP contribution in [0.25, 0.3) is 66.8 Å². The number of benzene rings is 1. The van der Waals surface area contributed by atoms with Crippen molar-refractivity contribution < 1.29 is 27.4 Å². The minimum atomic E-state index is 0.609. The molecule has 0 aliphatic heterocycles. The highest BCUT2D eigenvalue weighted by atomic mass is 15.0. The second-order valence-corrected chi connectivity index (χ2v) is 20.8. The van der Waals surface area contributed by atoms with E-state index in [-0.39, 0.29) is 0 Å². The standard InChI is InChI=1S/C72H60N12/c1-25-73-26-2-55(1)61-13-37-79(38-14-61)49-67-68(50-80-39-15-62(16-40-80)56-3-27-74-28-4-56)70(52-82-43-19-64(20-44-82)58-7-31-76-32-8-58)72(54-84-47-23-66(24-48-84)60-11-35-78-36-12-60)71(53-83-45-21-65(22-46-83)59-9-33-77-34-10-59)69(67)51-81-41-17-63(18-42-81)57-5-29-75-30-6-57/h1-48H,49-54H2/q+6. The average Bonchev–Trinajstić information content (AvgIpc) is 1.97. The van der Waals surface area contributed by atoms with E-state index in [1.54, 1.807) is 0 Å². The van der Waals surface area contributed by atoms with Gasteiger partial charge in [-0.3, -0.25) is 29.9 Å². The SMILES string of the molecule is c1cc(-c2cc[n+](Cc3c(C[n+]4ccc(-c5ccncc5)cc4)c(C[n+]4ccc(-c5ccncc5)cc4)c(C[n+]4ccc(-c5ccncc5)cc4)c(C[n+]4ccc(-c5ccncc5)cc4)c3C[n+]3ccc(-c4ccncc4)cc3)cc2)ccn1. The minimum absolute atomic E-state index is 0.609. The van der Waals surface area contributed by atoms with Gasteiger partial charge in [-0.2, -0.15) is 0 Å². The molecule has 0 saturated carbocycles. The van der Waals surface area contributed by atoms with Crippen molar-refractivity contribution in [3.8, 4) is 66.8 Å². The van der Waals surface area contributed by atoms with Gasteiger partial charge in [0.05, 0.1) is 0 Å². The van der Waals surface area contributed by atoms with Crippen LogP contribution in [0.3, 0.4) is 0 Å². The van der Waals surface area contributed by atoms with E-state index in [4.69, 9.17) is 0 Å². The topological polar surface area (TPSA) is 101 Å². The first-order valence-corrected chi connectivity index (χ1v) is 28.1. The van der Waals surface area contributed by atoms with Crippen molar-refractivity contribution in [2.45, 2.75) is 39.3 Å². The van der Waals surface area contributed by atoms with Crippen LogP contribution >= 0.6 is 0 Å². The van der Waals surface area contributed by atoms with Gasteiger partial charge in [-0.15, -0.1) is 0 Å². The second kappa shape index (κ2) is 24.8. The number of hydrogen-bond donors (Lipinski definition) is 0. The Hall–Kier alpha value is -11.0. The largest absolute Gasteiger partial charge is 0.265 e. The van der Waals surface area contributed by atoms with Crippen molar-refractivity contribution >= 4 is 0 Å². The normalized spacial score (nSPS) is 11.1. The van der Waals surface area contributed by atoms with Gasteiger partial charge in [0.15, 0.2) is 114 Å². The number of rotatable bonds is 18. The second-order valence-electron chi connectivity index (χ2n) is 20.8. The molecule has 0 bridgehead atoms. The van der Waals surface area contributed by atoms with Crippen LogP contribution in [0.5, 0.6) is 0 Å². The van der Waals surface area contributed by atoms with Crippen molar-refractivity contribution in [1.29, 1.82) is 0 Å². The third-order valence-corrected chi connectivity index (χ3v) is 15.7. The van der Waals surface area contributed by atoms with E-state index in [1.165, 1.54) is 33.4 Å². The Morgan fingerprint density at radius 1 is 0.155 bits per heavy atom. The maximum absolute atomic E-state index is 4.31. The molecule has 12 heterocycles. The summed E-state index contributed by atoms with van der Waals surface area (Å²) in [6, 6.07) is 51.4. The van der Waals surface area contributed by atoms with Crippen LogP contribution in [0.4, 0.5) is 0 Å². The Bertz CT molecular complexity index is 3510. The first kappa shape index (κ1) is 52.4. The number of hydrogen-bond acceptors (Lipinski definition) is 6. The lowest BCUT2D eigenvalue weighted by Gasteiger charge is -2.21. The molecule has 12 aromatic heterocycles. The Morgan fingerprint density at radius 2 is 0.262 bits per heavy atom. The molecular weight excluding hydrogens is 1030 g/mol. The zero-order valence-electron chi connectivity index (χ0n) is 46.3. The fourth-order valence-corrected chi connectivity index (χ4v) is 11.1. The first-order chi connectivity index (χ1) is 41.6. The molecule has 1 aromatic carbocycles. The molecule has 0 radical (unpaired) electrons. The zero-order valence-corrected chi connectivity index (χ0v) is 46.3. The average molecular weight is 1090 g/mol. The summed E-state index contributed by atoms with van der Waals surface area (Å²) in [5.74, 6) is 0. The highest BCUT2D eigenvalue weighted by Crippen LogP contribution is 2.32. The van der Waals surface area contributed by atoms with Crippen molar-refractivity contribution in [3.05, 3.63) is 328 Å². The monoisotopic (exact) mass is 1090 g/mol. The Morgan fingerprint density at radius 3 is 0.381 bits per heavy atom. The summed E-state index contributed by atoms with van der Waals surface area (Å²) in [5, 5.41) is 0. The van der Waals surface area contributed by atoms with Gasteiger partial charge in [0, 0.05) is 181 Å². The van der Waals surface area contributed by atoms with E-state index >= 15 is 0 Å². The number of aromatic nitrogens is 12. The van der Waals surface area contributed by atoms with Gasteiger partial charge in [-0.1, -0.05) is 0 Å². The summed E-state index contributed by atoms with van der Waals surface area (Å²) >= 11 is 0. The predicted molar refractivity (Wildman–Crippen MR) is 320 cm³/mol. The predicted octanol–water partition coefficient (Wildman–Crippen LogP) is 10.1. The molecule has 13 rings (SSSR count). The lowest BCUT2D eigenvalue weighted by molar-refractivity contribution is -0.701. The molecule has 0 amide bonds. The van der Waals surface area contributed by atoms with Crippen LogP contribution in [-0.4, -0.2) is 29.9 Å².